The van der Waals surface area contributed by atoms with Crippen molar-refractivity contribution in [3.05, 3.63) is 35.4 Å². The van der Waals surface area contributed by atoms with E-state index in [1.807, 2.05) is 0 Å². The fraction of sp³-hybridized carbons (Fsp3) is 0.650. The second kappa shape index (κ2) is 8.07. The molecule has 4 heteroatoms. The van der Waals surface area contributed by atoms with Crippen molar-refractivity contribution in [1.29, 1.82) is 0 Å². The van der Waals surface area contributed by atoms with Gasteiger partial charge in [-0.3, -0.25) is 4.99 Å². The van der Waals surface area contributed by atoms with Crippen LogP contribution in [-0.2, 0) is 10.8 Å². The molecule has 0 unspecified atom stereocenters. The van der Waals surface area contributed by atoms with Crippen LogP contribution in [0.25, 0.3) is 0 Å². The van der Waals surface area contributed by atoms with Crippen molar-refractivity contribution in [2.24, 2.45) is 4.99 Å². The van der Waals surface area contributed by atoms with Crippen LogP contribution in [0.2, 0.25) is 0 Å². The maximum atomic E-state index is 4.56. The average Bonchev–Trinajstić information content (AvgIpc) is 3.03. The molecule has 0 aromatic heterocycles. The molecule has 0 spiro atoms. The van der Waals surface area contributed by atoms with E-state index in [0.717, 1.165) is 32.0 Å². The van der Waals surface area contributed by atoms with Gasteiger partial charge in [-0.25, -0.2) is 0 Å². The number of guanidine groups is 1. The molecule has 1 fully saturated rings. The summed E-state index contributed by atoms with van der Waals surface area (Å²) >= 11 is 0. The first-order valence-electron chi connectivity index (χ1n) is 9.13. The summed E-state index contributed by atoms with van der Waals surface area (Å²) in [6.07, 6.45) is 6.38. The Morgan fingerprint density at radius 3 is 2.29 bits per heavy atom. The van der Waals surface area contributed by atoms with Crippen LogP contribution in [0.3, 0.4) is 0 Å². The highest BCUT2D eigenvalue weighted by molar-refractivity contribution is 14.0. The highest BCUT2D eigenvalue weighted by atomic mass is 127. The number of rotatable bonds is 3. The summed E-state index contributed by atoms with van der Waals surface area (Å²) in [6.45, 7) is 9.82. The third-order valence-corrected chi connectivity index (χ3v) is 5.42. The molecule has 1 aromatic rings. The lowest BCUT2D eigenvalue weighted by Gasteiger charge is -2.32. The van der Waals surface area contributed by atoms with Crippen LogP contribution in [0.1, 0.15) is 64.0 Å². The minimum absolute atomic E-state index is 0. The number of benzene rings is 1. The Balaban J connectivity index is 0.00000208. The molecule has 0 atom stereocenters. The van der Waals surface area contributed by atoms with E-state index in [1.54, 1.807) is 0 Å². The van der Waals surface area contributed by atoms with Crippen molar-refractivity contribution in [1.82, 2.24) is 10.6 Å². The maximum Gasteiger partial charge on any atom is 0.191 e. The zero-order valence-corrected chi connectivity index (χ0v) is 17.7. The predicted octanol–water partition coefficient (Wildman–Crippen LogP) is 4.35. The van der Waals surface area contributed by atoms with E-state index < -0.39 is 0 Å². The number of nitrogens with one attached hydrogen (secondary N) is 2. The van der Waals surface area contributed by atoms with Crippen molar-refractivity contribution in [3.63, 3.8) is 0 Å². The lowest BCUT2D eigenvalue weighted by Crippen LogP contribution is -2.46. The molecular formula is C20H32IN3. The van der Waals surface area contributed by atoms with Gasteiger partial charge in [0.1, 0.15) is 0 Å². The molecule has 1 aliphatic heterocycles. The number of hydrogen-bond acceptors (Lipinski definition) is 3. The zero-order valence-electron chi connectivity index (χ0n) is 15.3. The molecule has 0 bridgehead atoms. The summed E-state index contributed by atoms with van der Waals surface area (Å²) in [7, 11) is 0. The molecule has 2 aliphatic rings. The molecule has 3 nitrogen and oxygen atoms in total. The van der Waals surface area contributed by atoms with Crippen LogP contribution in [0.4, 0.5) is 0 Å². The molecule has 134 valence electrons. The van der Waals surface area contributed by atoms with Crippen LogP contribution >= 0.6 is 24.0 Å². The molecule has 0 saturated heterocycles. The molecule has 0 radical (unpaired) electrons. The fourth-order valence-electron chi connectivity index (χ4n) is 3.85. The Hall–Kier alpha value is -0.780. The zero-order chi connectivity index (χ0) is 16.3. The molecule has 3 rings (SSSR count). The van der Waals surface area contributed by atoms with E-state index in [0.29, 0.717) is 0 Å². The van der Waals surface area contributed by atoms with E-state index in [9.17, 15) is 0 Å². The van der Waals surface area contributed by atoms with Gasteiger partial charge < -0.3 is 10.6 Å². The van der Waals surface area contributed by atoms with Crippen molar-refractivity contribution >= 4 is 29.9 Å². The van der Waals surface area contributed by atoms with Crippen molar-refractivity contribution in [2.45, 2.75) is 63.7 Å². The maximum absolute atomic E-state index is 4.56. The summed E-state index contributed by atoms with van der Waals surface area (Å²) in [4.78, 5) is 4.56. The molecule has 0 amide bonds. The van der Waals surface area contributed by atoms with Crippen LogP contribution in [-0.4, -0.2) is 25.6 Å². The van der Waals surface area contributed by atoms with Gasteiger partial charge in [0.2, 0.25) is 0 Å². The Morgan fingerprint density at radius 2 is 1.75 bits per heavy atom. The Bertz CT molecular complexity index is 551. The number of hydrogen-bond donors (Lipinski definition) is 2. The van der Waals surface area contributed by atoms with Crippen LogP contribution < -0.4 is 10.6 Å². The van der Waals surface area contributed by atoms with Crippen molar-refractivity contribution in [3.8, 4) is 0 Å². The van der Waals surface area contributed by atoms with Gasteiger partial charge in [-0.15, -0.1) is 24.0 Å². The number of halogens is 1. The van der Waals surface area contributed by atoms with Gasteiger partial charge in [-0.1, -0.05) is 57.9 Å². The quantitative estimate of drug-likeness (QED) is 0.685. The van der Waals surface area contributed by atoms with Gasteiger partial charge in [-0.2, -0.15) is 0 Å². The lowest BCUT2D eigenvalue weighted by molar-refractivity contribution is 0.430. The third-order valence-electron chi connectivity index (χ3n) is 5.42. The highest BCUT2D eigenvalue weighted by Gasteiger charge is 2.36. The summed E-state index contributed by atoms with van der Waals surface area (Å²) in [5.74, 6) is 0.994. The first kappa shape index (κ1) is 19.5. The highest BCUT2D eigenvalue weighted by Crippen LogP contribution is 2.41. The van der Waals surface area contributed by atoms with Crippen LogP contribution in [0.5, 0.6) is 0 Å². The smallest absolute Gasteiger partial charge is 0.191 e. The Morgan fingerprint density at radius 1 is 1.08 bits per heavy atom. The molecule has 1 aromatic carbocycles. The van der Waals surface area contributed by atoms with E-state index >= 15 is 0 Å². The summed E-state index contributed by atoms with van der Waals surface area (Å²) in [6, 6.07) is 9.38. The van der Waals surface area contributed by atoms with E-state index in [4.69, 9.17) is 0 Å². The standard InChI is InChI=1S/C20H31N3.HI/c1-19(2,3)16-7-9-17(10-8-16)20(11-4-5-12-20)15-23-18-21-13-6-14-22-18;/h7-10H,4-6,11-15H2,1-3H3,(H2,21,22,23);1H. The third kappa shape index (κ3) is 4.44. The van der Waals surface area contributed by atoms with Crippen molar-refractivity contribution in [2.75, 3.05) is 19.6 Å². The normalized spacial score (nSPS) is 19.9. The molecule has 24 heavy (non-hydrogen) atoms. The van der Waals surface area contributed by atoms with Gasteiger partial charge >= 0.3 is 0 Å². The van der Waals surface area contributed by atoms with E-state index in [1.165, 1.54) is 36.8 Å². The van der Waals surface area contributed by atoms with Gasteiger partial charge in [-0.05, 0) is 35.8 Å². The van der Waals surface area contributed by atoms with Gasteiger partial charge in [0.25, 0.3) is 0 Å². The second-order valence-corrected chi connectivity index (χ2v) is 8.18. The lowest BCUT2D eigenvalue weighted by atomic mass is 9.77. The monoisotopic (exact) mass is 441 g/mol. The molecule has 2 N–H and O–H groups in total. The number of aliphatic imine (C=N–C) groups is 1. The largest absolute Gasteiger partial charge is 0.356 e. The molecule has 1 heterocycles. The van der Waals surface area contributed by atoms with Gasteiger partial charge in [0.05, 0.1) is 0 Å². The summed E-state index contributed by atoms with van der Waals surface area (Å²) < 4.78 is 0. The molecular weight excluding hydrogens is 409 g/mol. The van der Waals surface area contributed by atoms with Crippen LogP contribution in [0.15, 0.2) is 29.3 Å². The van der Waals surface area contributed by atoms with Gasteiger partial charge in [0.15, 0.2) is 5.96 Å². The van der Waals surface area contributed by atoms with Crippen LogP contribution in [0, 0.1) is 0 Å². The Labute approximate surface area is 164 Å². The first-order valence-corrected chi connectivity index (χ1v) is 9.13. The molecule has 1 aliphatic carbocycles. The second-order valence-electron chi connectivity index (χ2n) is 8.18. The summed E-state index contributed by atoms with van der Waals surface area (Å²) in [5.41, 5.74) is 3.41. The topological polar surface area (TPSA) is 36.4 Å². The average molecular weight is 441 g/mol. The first-order chi connectivity index (χ1) is 11.0. The van der Waals surface area contributed by atoms with Crippen molar-refractivity contribution < 1.29 is 0 Å². The number of nitrogens with zero attached hydrogens (tertiary/aromatic N) is 1. The van der Waals surface area contributed by atoms with Gasteiger partial charge in [0, 0.05) is 25.0 Å². The summed E-state index contributed by atoms with van der Waals surface area (Å²) in [5, 5.41) is 6.97. The fourth-order valence-corrected chi connectivity index (χ4v) is 3.85. The van der Waals surface area contributed by atoms with E-state index in [2.05, 4.69) is 60.7 Å². The van der Waals surface area contributed by atoms with E-state index in [-0.39, 0.29) is 34.8 Å². The predicted molar refractivity (Wildman–Crippen MR) is 114 cm³/mol. The Kier molecular flexibility index (Phi) is 6.57. The molecule has 1 saturated carbocycles. The SMILES string of the molecule is CC(C)(C)c1ccc(C2(CNC3=NCCCN3)CCCC2)cc1.I. The minimum Gasteiger partial charge on any atom is -0.356 e. The minimum atomic E-state index is 0.